The van der Waals surface area contributed by atoms with E-state index in [2.05, 4.69) is 10.1 Å². The minimum Gasteiger partial charge on any atom is -0.508 e. The van der Waals surface area contributed by atoms with Crippen LogP contribution in [0.3, 0.4) is 0 Å². The lowest BCUT2D eigenvalue weighted by atomic mass is 10.1. The number of phenolic OH excluding ortho intramolecular Hbond substituents is 1. The summed E-state index contributed by atoms with van der Waals surface area (Å²) in [6, 6.07) is 12.7. The predicted molar refractivity (Wildman–Crippen MR) is 92.1 cm³/mol. The van der Waals surface area contributed by atoms with Gasteiger partial charge in [0.1, 0.15) is 11.8 Å². The number of esters is 2. The number of phenols is 1. The van der Waals surface area contributed by atoms with Crippen LogP contribution in [0, 0.1) is 0 Å². The Labute approximate surface area is 146 Å². The Hall–Kier alpha value is -2.86. The van der Waals surface area contributed by atoms with Crippen molar-refractivity contribution < 1.29 is 24.2 Å². The maximum absolute atomic E-state index is 12.2. The van der Waals surface area contributed by atoms with E-state index in [9.17, 15) is 14.7 Å². The zero-order valence-corrected chi connectivity index (χ0v) is 14.2. The van der Waals surface area contributed by atoms with Crippen molar-refractivity contribution in [3.05, 3.63) is 65.2 Å². The molecule has 0 aromatic heterocycles. The molecule has 6 heteroatoms. The maximum atomic E-state index is 12.2. The van der Waals surface area contributed by atoms with E-state index < -0.39 is 18.0 Å². The molecule has 6 nitrogen and oxygen atoms in total. The van der Waals surface area contributed by atoms with Gasteiger partial charge in [-0.15, -0.1) is 0 Å². The molecule has 25 heavy (non-hydrogen) atoms. The lowest BCUT2D eigenvalue weighted by molar-refractivity contribution is -0.145. The predicted octanol–water partition coefficient (Wildman–Crippen LogP) is 2.57. The van der Waals surface area contributed by atoms with E-state index in [0.717, 1.165) is 5.56 Å². The molecule has 0 fully saturated rings. The zero-order valence-electron chi connectivity index (χ0n) is 14.2. The second kappa shape index (κ2) is 8.84. The smallest absolute Gasteiger partial charge is 0.337 e. The monoisotopic (exact) mass is 343 g/mol. The van der Waals surface area contributed by atoms with Crippen molar-refractivity contribution in [2.24, 2.45) is 0 Å². The second-order valence-corrected chi connectivity index (χ2v) is 5.35. The van der Waals surface area contributed by atoms with Gasteiger partial charge in [0.25, 0.3) is 0 Å². The number of methoxy groups -OCH3 is 1. The van der Waals surface area contributed by atoms with Crippen LogP contribution in [0.2, 0.25) is 0 Å². The Morgan fingerprint density at radius 1 is 1.16 bits per heavy atom. The van der Waals surface area contributed by atoms with Gasteiger partial charge in [-0.05, 0) is 42.3 Å². The van der Waals surface area contributed by atoms with Crippen LogP contribution < -0.4 is 5.32 Å². The number of ether oxygens (including phenoxy) is 2. The van der Waals surface area contributed by atoms with E-state index in [-0.39, 0.29) is 12.4 Å². The highest BCUT2D eigenvalue weighted by atomic mass is 16.5. The molecular weight excluding hydrogens is 322 g/mol. The average Bonchev–Trinajstić information content (AvgIpc) is 2.62. The summed E-state index contributed by atoms with van der Waals surface area (Å²) < 4.78 is 9.77. The summed E-state index contributed by atoms with van der Waals surface area (Å²) in [5.41, 5.74) is 1.97. The number of benzene rings is 2. The molecule has 0 heterocycles. The largest absolute Gasteiger partial charge is 0.508 e. The molecule has 0 aliphatic carbocycles. The van der Waals surface area contributed by atoms with Gasteiger partial charge in [0.15, 0.2) is 0 Å². The lowest BCUT2D eigenvalue weighted by Gasteiger charge is -2.18. The van der Waals surface area contributed by atoms with E-state index >= 15 is 0 Å². The van der Waals surface area contributed by atoms with Crippen LogP contribution in [0.5, 0.6) is 5.75 Å². The summed E-state index contributed by atoms with van der Waals surface area (Å²) in [5, 5.41) is 12.8. The topological polar surface area (TPSA) is 84.9 Å². The normalized spacial score (nSPS) is 11.6. The van der Waals surface area contributed by atoms with Crippen molar-refractivity contribution in [2.45, 2.75) is 19.5 Å². The molecule has 0 radical (unpaired) electrons. The first-order valence-corrected chi connectivity index (χ1v) is 7.91. The third-order valence-corrected chi connectivity index (χ3v) is 3.61. The lowest BCUT2D eigenvalue weighted by Crippen LogP contribution is -2.30. The molecule has 132 valence electrons. The van der Waals surface area contributed by atoms with Gasteiger partial charge in [-0.2, -0.15) is 0 Å². The van der Waals surface area contributed by atoms with Gasteiger partial charge < -0.3 is 14.6 Å². The molecule has 2 aromatic rings. The van der Waals surface area contributed by atoms with Gasteiger partial charge in [-0.3, -0.25) is 5.32 Å². The third kappa shape index (κ3) is 5.06. The van der Waals surface area contributed by atoms with Gasteiger partial charge in [0.2, 0.25) is 0 Å². The van der Waals surface area contributed by atoms with E-state index in [4.69, 9.17) is 4.74 Å². The molecule has 2 rings (SSSR count). The van der Waals surface area contributed by atoms with Crippen molar-refractivity contribution in [1.29, 1.82) is 0 Å². The standard InChI is InChI=1S/C19H21NO5/c1-3-25-19(23)17(15-5-4-6-16(21)11-15)20-12-13-7-9-14(10-8-13)18(22)24-2/h4-11,17,20-21H,3,12H2,1-2H3/t17-/m1/s1. The van der Waals surface area contributed by atoms with E-state index in [1.165, 1.54) is 19.2 Å². The van der Waals surface area contributed by atoms with Crippen LogP contribution in [0.25, 0.3) is 0 Å². The first-order chi connectivity index (χ1) is 12.0. The fraction of sp³-hybridized carbons (Fsp3) is 0.263. The Kier molecular flexibility index (Phi) is 6.54. The summed E-state index contributed by atoms with van der Waals surface area (Å²) in [6.07, 6.45) is 0. The van der Waals surface area contributed by atoms with Gasteiger partial charge in [-0.1, -0.05) is 24.3 Å². The van der Waals surface area contributed by atoms with Crippen LogP contribution in [-0.2, 0) is 20.8 Å². The molecular formula is C19H21NO5. The van der Waals surface area contributed by atoms with Crippen LogP contribution in [0.4, 0.5) is 0 Å². The molecule has 0 saturated carbocycles. The quantitative estimate of drug-likeness (QED) is 0.752. The molecule has 2 aromatic carbocycles. The van der Waals surface area contributed by atoms with E-state index in [0.29, 0.717) is 17.7 Å². The molecule has 0 amide bonds. The SMILES string of the molecule is CCOC(=O)[C@H](NCc1ccc(C(=O)OC)cc1)c1cccc(O)c1. The van der Waals surface area contributed by atoms with E-state index in [1.54, 1.807) is 43.3 Å². The Balaban J connectivity index is 2.11. The van der Waals surface area contributed by atoms with E-state index in [1.807, 2.05) is 0 Å². The summed E-state index contributed by atoms with van der Waals surface area (Å²) in [4.78, 5) is 23.7. The number of aromatic hydroxyl groups is 1. The van der Waals surface area contributed by atoms with Crippen LogP contribution in [0.15, 0.2) is 48.5 Å². The number of carbonyl (C=O) groups excluding carboxylic acids is 2. The minimum atomic E-state index is -0.702. The van der Waals surface area contributed by atoms with Gasteiger partial charge in [0, 0.05) is 6.54 Å². The summed E-state index contributed by atoms with van der Waals surface area (Å²) >= 11 is 0. The van der Waals surface area contributed by atoms with Crippen molar-refractivity contribution in [2.75, 3.05) is 13.7 Å². The first-order valence-electron chi connectivity index (χ1n) is 7.91. The third-order valence-electron chi connectivity index (χ3n) is 3.61. The zero-order chi connectivity index (χ0) is 18.2. The Morgan fingerprint density at radius 3 is 2.48 bits per heavy atom. The number of carbonyl (C=O) groups is 2. The Bertz CT molecular complexity index is 727. The Morgan fingerprint density at radius 2 is 1.88 bits per heavy atom. The fourth-order valence-corrected chi connectivity index (χ4v) is 2.36. The molecule has 0 aliphatic heterocycles. The number of nitrogens with one attached hydrogen (secondary N) is 1. The highest BCUT2D eigenvalue weighted by molar-refractivity contribution is 5.89. The molecule has 0 bridgehead atoms. The summed E-state index contributed by atoms with van der Waals surface area (Å²) in [6.45, 7) is 2.40. The average molecular weight is 343 g/mol. The van der Waals surface area contributed by atoms with Crippen LogP contribution in [-0.4, -0.2) is 30.8 Å². The molecule has 1 atom stereocenters. The van der Waals surface area contributed by atoms with Gasteiger partial charge in [-0.25, -0.2) is 9.59 Å². The fourth-order valence-electron chi connectivity index (χ4n) is 2.36. The van der Waals surface area contributed by atoms with Gasteiger partial charge in [0.05, 0.1) is 19.3 Å². The number of hydrogen-bond donors (Lipinski definition) is 2. The van der Waals surface area contributed by atoms with Crippen molar-refractivity contribution in [3.8, 4) is 5.75 Å². The van der Waals surface area contributed by atoms with Crippen LogP contribution >= 0.6 is 0 Å². The second-order valence-electron chi connectivity index (χ2n) is 5.35. The minimum absolute atomic E-state index is 0.0797. The highest BCUT2D eigenvalue weighted by Gasteiger charge is 2.21. The van der Waals surface area contributed by atoms with Crippen molar-refractivity contribution in [3.63, 3.8) is 0 Å². The number of rotatable bonds is 7. The molecule has 2 N–H and O–H groups in total. The van der Waals surface area contributed by atoms with Gasteiger partial charge >= 0.3 is 11.9 Å². The molecule has 0 spiro atoms. The molecule has 0 saturated heterocycles. The number of hydrogen-bond acceptors (Lipinski definition) is 6. The van der Waals surface area contributed by atoms with Crippen molar-refractivity contribution in [1.82, 2.24) is 5.32 Å². The summed E-state index contributed by atoms with van der Waals surface area (Å²) in [5.74, 6) is -0.737. The first kappa shape index (κ1) is 18.5. The molecule has 0 unspecified atom stereocenters. The van der Waals surface area contributed by atoms with Crippen LogP contribution in [0.1, 0.15) is 34.5 Å². The summed E-state index contributed by atoms with van der Waals surface area (Å²) in [7, 11) is 1.33. The highest BCUT2D eigenvalue weighted by Crippen LogP contribution is 2.20. The molecule has 0 aliphatic rings. The maximum Gasteiger partial charge on any atom is 0.337 e. The van der Waals surface area contributed by atoms with Crippen molar-refractivity contribution >= 4 is 11.9 Å².